The second kappa shape index (κ2) is 4.92. The lowest BCUT2D eigenvalue weighted by molar-refractivity contribution is 0.103. The minimum atomic E-state index is -2.70. The van der Waals surface area contributed by atoms with Crippen molar-refractivity contribution < 1.29 is 18.7 Å². The van der Waals surface area contributed by atoms with Crippen LogP contribution in [0.1, 0.15) is 27.2 Å². The molecular formula is C13H13O4P. The first-order valence-electron chi connectivity index (χ1n) is 5.43. The predicted molar refractivity (Wildman–Crippen MR) is 68.9 cm³/mol. The summed E-state index contributed by atoms with van der Waals surface area (Å²) in [5, 5.41) is 0.345. The molecule has 0 radical (unpaired) electrons. The number of hydrogen-bond acceptors (Lipinski definition) is 3. The molecule has 1 atom stereocenters. The highest BCUT2D eigenvalue weighted by Crippen LogP contribution is 2.20. The fourth-order valence-electron chi connectivity index (χ4n) is 1.82. The summed E-state index contributed by atoms with van der Waals surface area (Å²) >= 11 is 0. The van der Waals surface area contributed by atoms with Crippen molar-refractivity contribution in [3.8, 4) is 0 Å². The van der Waals surface area contributed by atoms with Crippen LogP contribution in [0.4, 0.5) is 0 Å². The largest absolute Gasteiger partial charge is 0.469 e. The second-order valence-corrected chi connectivity index (χ2v) is 5.25. The average Bonchev–Trinajstić information content (AvgIpc) is 2.68. The minimum absolute atomic E-state index is 0.136. The number of benzene rings is 1. The number of aryl methyl sites for hydroxylation is 2. The molecule has 0 amide bonds. The third kappa shape index (κ3) is 2.30. The summed E-state index contributed by atoms with van der Waals surface area (Å²) in [5.41, 5.74) is 1.83. The van der Waals surface area contributed by atoms with Crippen LogP contribution in [-0.4, -0.2) is 10.7 Å². The van der Waals surface area contributed by atoms with E-state index in [1.807, 2.05) is 6.92 Å². The quantitative estimate of drug-likeness (QED) is 0.681. The maximum atomic E-state index is 12.2. The topological polar surface area (TPSA) is 67.5 Å². The molecule has 0 spiro atoms. The summed E-state index contributed by atoms with van der Waals surface area (Å²) in [4.78, 5) is 21.2. The Morgan fingerprint density at radius 1 is 1.22 bits per heavy atom. The minimum Gasteiger partial charge on any atom is -0.469 e. The molecular weight excluding hydrogens is 251 g/mol. The van der Waals surface area contributed by atoms with Gasteiger partial charge in [0.1, 0.15) is 5.76 Å². The van der Waals surface area contributed by atoms with Crippen LogP contribution < -0.4 is 5.30 Å². The van der Waals surface area contributed by atoms with Crippen LogP contribution in [0, 0.1) is 13.8 Å². The van der Waals surface area contributed by atoms with E-state index >= 15 is 0 Å². The van der Waals surface area contributed by atoms with Gasteiger partial charge < -0.3 is 9.31 Å². The molecule has 0 aliphatic heterocycles. The highest BCUT2D eigenvalue weighted by molar-refractivity contribution is 7.47. The van der Waals surface area contributed by atoms with E-state index in [0.717, 1.165) is 5.56 Å². The fourth-order valence-corrected chi connectivity index (χ4v) is 2.27. The lowest BCUT2D eigenvalue weighted by Gasteiger charge is -2.02. The highest BCUT2D eigenvalue weighted by Gasteiger charge is 2.17. The van der Waals surface area contributed by atoms with Crippen molar-refractivity contribution >= 4 is 19.1 Å². The van der Waals surface area contributed by atoms with Gasteiger partial charge in [0.05, 0.1) is 11.8 Å². The van der Waals surface area contributed by atoms with Gasteiger partial charge in [-0.25, -0.2) is 0 Å². The molecule has 1 heterocycles. The van der Waals surface area contributed by atoms with Crippen LogP contribution >= 0.6 is 8.03 Å². The second-order valence-electron chi connectivity index (χ2n) is 4.06. The van der Waals surface area contributed by atoms with E-state index in [2.05, 4.69) is 0 Å². The number of hydrogen-bond donors (Lipinski definition) is 1. The van der Waals surface area contributed by atoms with Crippen molar-refractivity contribution in [3.05, 3.63) is 53.0 Å². The Morgan fingerprint density at radius 3 is 2.28 bits per heavy atom. The van der Waals surface area contributed by atoms with Crippen LogP contribution in [0.5, 0.6) is 0 Å². The van der Waals surface area contributed by atoms with Gasteiger partial charge in [-0.05, 0) is 31.5 Å². The maximum absolute atomic E-state index is 12.2. The van der Waals surface area contributed by atoms with Crippen molar-refractivity contribution in [1.82, 2.24) is 0 Å². The molecule has 0 aliphatic rings. The summed E-state index contributed by atoms with van der Waals surface area (Å²) < 4.78 is 16.1. The van der Waals surface area contributed by atoms with Gasteiger partial charge in [-0.2, -0.15) is 0 Å². The molecule has 2 rings (SSSR count). The van der Waals surface area contributed by atoms with Crippen molar-refractivity contribution in [2.45, 2.75) is 13.8 Å². The standard InChI is InChI=1S/C13H13O4P/c1-8-7-17-9(2)12(8)13(14)10-3-5-11(6-4-10)18(15)16/h3-7,18H,1-2H3,(H,15,16). The van der Waals surface area contributed by atoms with Crippen molar-refractivity contribution in [2.24, 2.45) is 0 Å². The Kier molecular flexibility index (Phi) is 3.50. The van der Waals surface area contributed by atoms with E-state index in [0.29, 0.717) is 22.2 Å². The van der Waals surface area contributed by atoms with Crippen LogP contribution in [0.25, 0.3) is 0 Å². The van der Waals surface area contributed by atoms with E-state index in [1.165, 1.54) is 12.1 Å². The Hall–Kier alpha value is -1.64. The van der Waals surface area contributed by atoms with Crippen LogP contribution in [0.15, 0.2) is 34.9 Å². The summed E-state index contributed by atoms with van der Waals surface area (Å²) in [5.74, 6) is 0.445. The van der Waals surface area contributed by atoms with Gasteiger partial charge in [0, 0.05) is 10.9 Å². The van der Waals surface area contributed by atoms with Gasteiger partial charge in [0.15, 0.2) is 5.78 Å². The number of rotatable bonds is 3. The maximum Gasteiger partial charge on any atom is 0.218 e. The van der Waals surface area contributed by atoms with E-state index in [9.17, 15) is 9.36 Å². The van der Waals surface area contributed by atoms with Crippen molar-refractivity contribution in [2.75, 3.05) is 0 Å². The molecule has 94 valence electrons. The molecule has 18 heavy (non-hydrogen) atoms. The first kappa shape index (κ1) is 12.8. The molecule has 5 heteroatoms. The van der Waals surface area contributed by atoms with E-state index in [1.54, 1.807) is 25.3 Å². The van der Waals surface area contributed by atoms with Gasteiger partial charge in [0.2, 0.25) is 8.03 Å². The van der Waals surface area contributed by atoms with E-state index < -0.39 is 8.03 Å². The molecule has 0 bridgehead atoms. The average molecular weight is 264 g/mol. The Labute approximate surface area is 105 Å². The zero-order valence-corrected chi connectivity index (χ0v) is 11.1. The third-order valence-corrected chi connectivity index (χ3v) is 3.61. The molecule has 0 saturated carbocycles. The molecule has 1 aromatic carbocycles. The summed E-state index contributed by atoms with van der Waals surface area (Å²) in [6.07, 6.45) is 1.55. The molecule has 1 aromatic heterocycles. The number of ketones is 1. The van der Waals surface area contributed by atoms with Crippen LogP contribution in [0.3, 0.4) is 0 Å². The number of carbonyl (C=O) groups excluding carboxylic acids is 1. The van der Waals surface area contributed by atoms with Crippen LogP contribution in [-0.2, 0) is 4.57 Å². The molecule has 0 fully saturated rings. The first-order chi connectivity index (χ1) is 8.50. The van der Waals surface area contributed by atoms with Crippen LogP contribution in [0.2, 0.25) is 0 Å². The smallest absolute Gasteiger partial charge is 0.218 e. The van der Waals surface area contributed by atoms with Gasteiger partial charge in [-0.1, -0.05) is 12.1 Å². The summed E-state index contributed by atoms with van der Waals surface area (Å²) in [6.45, 7) is 3.55. The zero-order chi connectivity index (χ0) is 13.3. The van der Waals surface area contributed by atoms with E-state index in [4.69, 9.17) is 9.31 Å². The first-order valence-corrected chi connectivity index (χ1v) is 6.79. The molecule has 0 saturated heterocycles. The fraction of sp³-hybridized carbons (Fsp3) is 0.154. The van der Waals surface area contributed by atoms with Gasteiger partial charge in [0.25, 0.3) is 0 Å². The Morgan fingerprint density at radius 2 is 1.83 bits per heavy atom. The SMILES string of the molecule is Cc1coc(C)c1C(=O)c1ccc([PH](=O)O)cc1. The Balaban J connectivity index is 2.38. The van der Waals surface area contributed by atoms with Gasteiger partial charge in [-0.3, -0.25) is 9.36 Å². The molecule has 0 aliphatic carbocycles. The molecule has 2 aromatic rings. The zero-order valence-electron chi connectivity index (χ0n) is 10.1. The highest BCUT2D eigenvalue weighted by atomic mass is 31.1. The summed E-state index contributed by atoms with van der Waals surface area (Å²) in [6, 6.07) is 6.11. The predicted octanol–water partition coefficient (Wildman–Crippen LogP) is 2.22. The number of furan rings is 1. The lowest BCUT2D eigenvalue weighted by atomic mass is 10.0. The third-order valence-electron chi connectivity index (χ3n) is 2.78. The Bertz CT molecular complexity index is 591. The van der Waals surface area contributed by atoms with Gasteiger partial charge >= 0.3 is 0 Å². The number of carbonyl (C=O) groups is 1. The molecule has 1 N–H and O–H groups in total. The van der Waals surface area contributed by atoms with Crippen molar-refractivity contribution in [1.29, 1.82) is 0 Å². The van der Waals surface area contributed by atoms with E-state index in [-0.39, 0.29) is 5.78 Å². The molecule has 4 nitrogen and oxygen atoms in total. The lowest BCUT2D eigenvalue weighted by Crippen LogP contribution is -2.05. The molecule has 1 unspecified atom stereocenters. The van der Waals surface area contributed by atoms with Gasteiger partial charge in [-0.15, -0.1) is 0 Å². The normalized spacial score (nSPS) is 12.4. The van der Waals surface area contributed by atoms with Crippen molar-refractivity contribution in [3.63, 3.8) is 0 Å². The summed E-state index contributed by atoms with van der Waals surface area (Å²) in [7, 11) is -2.70. The monoisotopic (exact) mass is 264 g/mol.